The number of amides is 7. The molecule has 58 heavy (non-hydrogen) atoms. The van der Waals surface area contributed by atoms with Crippen LogP contribution in [0, 0.1) is 16.7 Å². The Morgan fingerprint density at radius 1 is 0.966 bits per heavy atom. The monoisotopic (exact) mass is 826 g/mol. The van der Waals surface area contributed by atoms with Gasteiger partial charge >= 0.3 is 0 Å². The molecule has 1 saturated heterocycles. The van der Waals surface area contributed by atoms with Crippen molar-refractivity contribution in [2.75, 3.05) is 25.4 Å². The number of nitrogens with zero attached hydrogens (tertiary/aromatic N) is 1. The molecule has 0 aromatic heterocycles. The van der Waals surface area contributed by atoms with Gasteiger partial charge < -0.3 is 48.3 Å². The minimum atomic E-state index is -1.16. The Morgan fingerprint density at radius 3 is 2.38 bits per heavy atom. The minimum absolute atomic E-state index is 0.0289. The molecule has 0 spiro atoms. The molecule has 4 rings (SSSR count). The molecule has 0 radical (unpaired) electrons. The Bertz CT molecular complexity index is 1660. The number of hydrogen-bond donors (Lipinski definition) is 9. The molecule has 2 bridgehead atoms. The Balaban J connectivity index is 1.65. The molecule has 0 unspecified atom stereocenters. The molecule has 1 aromatic carbocycles. The third-order valence-corrected chi connectivity index (χ3v) is 11.9. The molecule has 2 fully saturated rings. The Kier molecular flexibility index (Phi) is 17.2. The lowest BCUT2D eigenvalue weighted by molar-refractivity contribution is -0.140. The highest BCUT2D eigenvalue weighted by atomic mass is 32.2. The van der Waals surface area contributed by atoms with Crippen molar-refractivity contribution in [3.8, 4) is 0 Å². The van der Waals surface area contributed by atoms with Crippen LogP contribution in [0.15, 0.2) is 24.3 Å². The molecule has 5 atom stereocenters. The zero-order chi connectivity index (χ0) is 42.4. The average Bonchev–Trinajstić information content (AvgIpc) is 3.66. The summed E-state index contributed by atoms with van der Waals surface area (Å²) in [6, 6.07) is 2.33. The van der Waals surface area contributed by atoms with Crippen molar-refractivity contribution in [3.05, 3.63) is 35.4 Å². The van der Waals surface area contributed by atoms with E-state index in [2.05, 4.69) is 31.9 Å². The largest absolute Gasteiger partial charge is 0.370 e. The van der Waals surface area contributed by atoms with Crippen molar-refractivity contribution in [1.29, 1.82) is 5.41 Å². The molecule has 2 heterocycles. The quantitative estimate of drug-likeness (QED) is 0.0884. The summed E-state index contributed by atoms with van der Waals surface area (Å²) in [6.45, 7) is 6.00. The fraction of sp³-hybridized carbons (Fsp3) is 0.650. The first kappa shape index (κ1) is 45.8. The van der Waals surface area contributed by atoms with E-state index in [4.69, 9.17) is 16.9 Å². The molecule has 18 heteroatoms. The Hall–Kier alpha value is -4.87. The van der Waals surface area contributed by atoms with Crippen LogP contribution in [0.25, 0.3) is 0 Å². The number of rotatable bonds is 10. The van der Waals surface area contributed by atoms with E-state index in [1.807, 2.05) is 24.3 Å². The Labute approximate surface area is 344 Å². The first-order valence-corrected chi connectivity index (χ1v) is 21.5. The molecule has 17 nitrogen and oxygen atoms in total. The minimum Gasteiger partial charge on any atom is -0.370 e. The van der Waals surface area contributed by atoms with Gasteiger partial charge in [0.1, 0.15) is 30.2 Å². The van der Waals surface area contributed by atoms with Crippen LogP contribution in [0.4, 0.5) is 0 Å². The first-order valence-electron chi connectivity index (χ1n) is 20.3. The van der Waals surface area contributed by atoms with Gasteiger partial charge in [-0.25, -0.2) is 0 Å². The number of carbonyl (C=O) groups is 7. The summed E-state index contributed by atoms with van der Waals surface area (Å²) in [5.41, 5.74) is 12.0. The Morgan fingerprint density at radius 2 is 1.69 bits per heavy atom. The molecule has 320 valence electrons. The number of nitrogens with one attached hydrogen (secondary N) is 7. The number of carbonyl (C=O) groups excluding carboxylic acids is 7. The van der Waals surface area contributed by atoms with Crippen LogP contribution in [-0.2, 0) is 45.7 Å². The van der Waals surface area contributed by atoms with Crippen molar-refractivity contribution < 1.29 is 33.6 Å². The molecule has 11 N–H and O–H groups in total. The molecule has 7 amide bonds. The van der Waals surface area contributed by atoms with Crippen LogP contribution in [-0.4, -0.2) is 108 Å². The third kappa shape index (κ3) is 13.9. The zero-order valence-corrected chi connectivity index (χ0v) is 34.8. The van der Waals surface area contributed by atoms with Gasteiger partial charge in [-0.2, -0.15) is 11.8 Å². The number of thioether (sulfide) groups is 1. The van der Waals surface area contributed by atoms with Gasteiger partial charge in [0.15, 0.2) is 5.96 Å². The van der Waals surface area contributed by atoms with E-state index in [1.54, 1.807) is 20.8 Å². The SMILES string of the molecule is CC(C)(C)[C@H](NC(=O)[C@H](CCCNC(=N)N)NC(=O)[C@@H]1CSCc2cccc(c2)CC(=O)NCCC(=O)N2CCC[C@H]2C(=O)N[C@@H](C2CCCCC2)C(=O)N1)C(N)=O. The van der Waals surface area contributed by atoms with Gasteiger partial charge in [0.2, 0.25) is 41.4 Å². The lowest BCUT2D eigenvalue weighted by atomic mass is 9.83. The van der Waals surface area contributed by atoms with E-state index in [1.165, 1.54) is 16.7 Å². The van der Waals surface area contributed by atoms with Gasteiger partial charge in [0.05, 0.1) is 6.42 Å². The van der Waals surface area contributed by atoms with Crippen molar-refractivity contribution in [3.63, 3.8) is 0 Å². The molecule has 1 aromatic rings. The van der Waals surface area contributed by atoms with E-state index < -0.39 is 65.2 Å². The maximum absolute atomic E-state index is 14.4. The maximum atomic E-state index is 14.4. The standard InChI is InChI=1S/C40H62N10O7S/c1-40(2,3)33(34(41)53)49-35(54)27(14-8-17-45-39(42)43)46-36(55)28-23-58-22-25-11-7-10-24(20-25)21-30(51)44-18-16-31(52)50-19-9-15-29(50)37(56)48-32(38(57)47-28)26-12-5-4-6-13-26/h7,10-11,20,26-29,32-33H,4-6,8-9,12-19,21-23H2,1-3H3,(H2,41,53)(H,44,51)(H,46,55)(H,47,57)(H,48,56)(H,49,54)(H4,42,43,45)/t27-,28-,29-,32-,33+/m0/s1. The third-order valence-electron chi connectivity index (χ3n) is 10.8. The number of guanidine groups is 1. The summed E-state index contributed by atoms with van der Waals surface area (Å²) in [5, 5.41) is 24.4. The predicted octanol–water partition coefficient (Wildman–Crippen LogP) is 0.287. The van der Waals surface area contributed by atoms with Crippen LogP contribution >= 0.6 is 11.8 Å². The van der Waals surface area contributed by atoms with Gasteiger partial charge in [-0.15, -0.1) is 0 Å². The molecular weight excluding hydrogens is 765 g/mol. The van der Waals surface area contributed by atoms with E-state index in [9.17, 15) is 33.6 Å². The second kappa shape index (κ2) is 21.8. The van der Waals surface area contributed by atoms with E-state index in [-0.39, 0.29) is 61.8 Å². The van der Waals surface area contributed by atoms with Gasteiger partial charge in [0.25, 0.3) is 0 Å². The van der Waals surface area contributed by atoms with E-state index in [0.717, 1.165) is 30.4 Å². The molecule has 1 saturated carbocycles. The number of benzene rings is 1. The van der Waals surface area contributed by atoms with E-state index in [0.29, 0.717) is 44.4 Å². The highest BCUT2D eigenvalue weighted by molar-refractivity contribution is 7.98. The van der Waals surface area contributed by atoms with Crippen LogP contribution in [0.3, 0.4) is 0 Å². The fourth-order valence-electron chi connectivity index (χ4n) is 7.75. The summed E-state index contributed by atoms with van der Waals surface area (Å²) in [6.07, 6.45) is 5.71. The van der Waals surface area contributed by atoms with Crippen LogP contribution < -0.4 is 43.4 Å². The lowest BCUT2D eigenvalue weighted by Gasteiger charge is -2.33. The number of fused-ring (bicyclic) bond motifs is 3. The van der Waals surface area contributed by atoms with Crippen LogP contribution in [0.5, 0.6) is 0 Å². The second-order valence-electron chi connectivity index (χ2n) is 16.6. The van der Waals surface area contributed by atoms with Gasteiger partial charge in [-0.1, -0.05) is 64.3 Å². The predicted molar refractivity (Wildman–Crippen MR) is 221 cm³/mol. The number of primary amides is 1. The van der Waals surface area contributed by atoms with Crippen molar-refractivity contribution >= 4 is 59.1 Å². The fourth-order valence-corrected chi connectivity index (χ4v) is 8.75. The number of hydrogen-bond acceptors (Lipinski definition) is 9. The summed E-state index contributed by atoms with van der Waals surface area (Å²) >= 11 is 1.38. The van der Waals surface area contributed by atoms with Crippen molar-refractivity contribution in [1.82, 2.24) is 36.8 Å². The van der Waals surface area contributed by atoms with Crippen LogP contribution in [0.2, 0.25) is 0 Å². The summed E-state index contributed by atoms with van der Waals surface area (Å²) in [4.78, 5) is 96.4. The normalized spacial score (nSPS) is 22.9. The molecule has 3 aliphatic rings. The first-order chi connectivity index (χ1) is 27.5. The molecule has 1 aliphatic carbocycles. The molecular formula is C40H62N10O7S. The lowest BCUT2D eigenvalue weighted by Crippen LogP contribution is -2.61. The van der Waals surface area contributed by atoms with Gasteiger partial charge in [-0.3, -0.25) is 39.0 Å². The van der Waals surface area contributed by atoms with Crippen LogP contribution in [0.1, 0.15) is 96.1 Å². The number of nitrogens with two attached hydrogens (primary N) is 2. The summed E-state index contributed by atoms with van der Waals surface area (Å²) in [5.74, 6) is -3.46. The smallest absolute Gasteiger partial charge is 0.244 e. The average molecular weight is 827 g/mol. The summed E-state index contributed by atoms with van der Waals surface area (Å²) in [7, 11) is 0. The highest BCUT2D eigenvalue weighted by Gasteiger charge is 2.40. The van der Waals surface area contributed by atoms with Gasteiger partial charge in [0, 0.05) is 37.6 Å². The second-order valence-corrected chi connectivity index (χ2v) is 17.6. The maximum Gasteiger partial charge on any atom is 0.244 e. The van der Waals surface area contributed by atoms with Crippen molar-refractivity contribution in [2.45, 2.75) is 127 Å². The topological polar surface area (TPSA) is 271 Å². The van der Waals surface area contributed by atoms with Gasteiger partial charge in [-0.05, 0) is 61.0 Å². The highest BCUT2D eigenvalue weighted by Crippen LogP contribution is 2.28. The van der Waals surface area contributed by atoms with Crippen molar-refractivity contribution in [2.24, 2.45) is 22.8 Å². The molecule has 2 aliphatic heterocycles. The van der Waals surface area contributed by atoms with E-state index >= 15 is 0 Å². The zero-order valence-electron chi connectivity index (χ0n) is 34.0. The summed E-state index contributed by atoms with van der Waals surface area (Å²) < 4.78 is 0.